The van der Waals surface area contributed by atoms with Crippen LogP contribution in [0.25, 0.3) is 11.1 Å². The molecule has 0 amide bonds. The maximum absolute atomic E-state index is 13.7. The molecule has 0 aliphatic heterocycles. The zero-order valence-electron chi connectivity index (χ0n) is 10.5. The van der Waals surface area contributed by atoms with Crippen molar-refractivity contribution >= 4 is 11.6 Å². The van der Waals surface area contributed by atoms with E-state index in [-0.39, 0.29) is 5.82 Å². The average Bonchev–Trinajstić information content (AvgIpc) is 3.22. The molecule has 19 heavy (non-hydrogen) atoms. The number of nitrogens with one attached hydrogen (secondary N) is 1. The SMILES string of the molecule is Fc1ccccc1-c1ccc(CNC2CC2)c(Cl)c1. The minimum Gasteiger partial charge on any atom is -0.310 e. The number of rotatable bonds is 4. The number of hydrogen-bond donors (Lipinski definition) is 1. The standard InChI is InChI=1S/C16H15ClFN/c17-15-9-11(14-3-1-2-4-16(14)18)5-6-12(15)10-19-13-7-8-13/h1-6,9,13,19H,7-8,10H2. The molecule has 0 unspecified atom stereocenters. The van der Waals surface area contributed by atoms with Gasteiger partial charge in [-0.1, -0.05) is 41.9 Å². The van der Waals surface area contributed by atoms with Crippen LogP contribution in [-0.4, -0.2) is 6.04 Å². The summed E-state index contributed by atoms with van der Waals surface area (Å²) in [6.45, 7) is 0.779. The van der Waals surface area contributed by atoms with Crippen molar-refractivity contribution in [2.45, 2.75) is 25.4 Å². The monoisotopic (exact) mass is 275 g/mol. The molecule has 0 heterocycles. The molecule has 98 valence electrons. The van der Waals surface area contributed by atoms with Crippen LogP contribution in [0, 0.1) is 5.82 Å². The summed E-state index contributed by atoms with van der Waals surface area (Å²) in [5.74, 6) is -0.220. The second-order valence-electron chi connectivity index (χ2n) is 4.94. The maximum atomic E-state index is 13.7. The summed E-state index contributed by atoms with van der Waals surface area (Å²) in [5, 5.41) is 4.11. The summed E-state index contributed by atoms with van der Waals surface area (Å²) in [6.07, 6.45) is 2.51. The van der Waals surface area contributed by atoms with Crippen LogP contribution in [0.2, 0.25) is 5.02 Å². The van der Waals surface area contributed by atoms with E-state index < -0.39 is 0 Å². The normalized spacial score (nSPS) is 14.6. The van der Waals surface area contributed by atoms with Gasteiger partial charge in [0.1, 0.15) is 5.82 Å². The van der Waals surface area contributed by atoms with Crippen LogP contribution in [-0.2, 0) is 6.54 Å². The molecule has 0 saturated heterocycles. The van der Waals surface area contributed by atoms with Gasteiger partial charge in [-0.15, -0.1) is 0 Å². The molecule has 0 radical (unpaired) electrons. The maximum Gasteiger partial charge on any atom is 0.131 e. The lowest BCUT2D eigenvalue weighted by Gasteiger charge is -2.09. The Morgan fingerprint density at radius 1 is 1.16 bits per heavy atom. The molecule has 1 aliphatic rings. The van der Waals surface area contributed by atoms with E-state index in [0.717, 1.165) is 17.7 Å². The molecule has 1 aliphatic carbocycles. The Morgan fingerprint density at radius 3 is 2.63 bits per heavy atom. The Bertz CT molecular complexity index is 593. The van der Waals surface area contributed by atoms with Gasteiger partial charge in [-0.05, 0) is 36.1 Å². The first kappa shape index (κ1) is 12.6. The van der Waals surface area contributed by atoms with Crippen LogP contribution in [0.3, 0.4) is 0 Å². The molecule has 0 bridgehead atoms. The molecule has 3 rings (SSSR count). The summed E-state index contributed by atoms with van der Waals surface area (Å²) in [7, 11) is 0. The van der Waals surface area contributed by atoms with Gasteiger partial charge in [0.25, 0.3) is 0 Å². The second kappa shape index (κ2) is 5.32. The Hall–Kier alpha value is -1.38. The van der Waals surface area contributed by atoms with Gasteiger partial charge >= 0.3 is 0 Å². The Labute approximate surface area is 117 Å². The first-order chi connectivity index (χ1) is 9.24. The fourth-order valence-electron chi connectivity index (χ4n) is 2.10. The van der Waals surface area contributed by atoms with Crippen LogP contribution in [0.1, 0.15) is 18.4 Å². The van der Waals surface area contributed by atoms with Crippen LogP contribution in [0.5, 0.6) is 0 Å². The summed E-state index contributed by atoms with van der Waals surface area (Å²) >= 11 is 6.27. The number of halogens is 2. The highest BCUT2D eigenvalue weighted by Gasteiger charge is 2.20. The predicted octanol–water partition coefficient (Wildman–Crippen LogP) is 4.40. The van der Waals surface area contributed by atoms with Crippen LogP contribution in [0.15, 0.2) is 42.5 Å². The lowest BCUT2D eigenvalue weighted by atomic mass is 10.0. The zero-order valence-corrected chi connectivity index (χ0v) is 11.3. The van der Waals surface area contributed by atoms with Gasteiger partial charge < -0.3 is 5.32 Å². The highest BCUT2D eigenvalue weighted by Crippen LogP contribution is 2.28. The van der Waals surface area contributed by atoms with Crippen molar-refractivity contribution in [3.63, 3.8) is 0 Å². The fourth-order valence-corrected chi connectivity index (χ4v) is 2.34. The van der Waals surface area contributed by atoms with Gasteiger partial charge in [-0.25, -0.2) is 4.39 Å². The third-order valence-corrected chi connectivity index (χ3v) is 3.75. The lowest BCUT2D eigenvalue weighted by molar-refractivity contribution is 0.631. The predicted molar refractivity (Wildman–Crippen MR) is 76.7 cm³/mol. The van der Waals surface area contributed by atoms with Crippen molar-refractivity contribution in [2.75, 3.05) is 0 Å². The van der Waals surface area contributed by atoms with Gasteiger partial charge in [-0.3, -0.25) is 0 Å². The molecule has 1 saturated carbocycles. The molecular weight excluding hydrogens is 261 g/mol. The first-order valence-electron chi connectivity index (χ1n) is 6.51. The van der Waals surface area contributed by atoms with Crippen molar-refractivity contribution in [3.05, 3.63) is 58.9 Å². The largest absolute Gasteiger partial charge is 0.310 e. The van der Waals surface area contributed by atoms with E-state index in [9.17, 15) is 4.39 Å². The number of benzene rings is 2. The Balaban J connectivity index is 1.84. The highest BCUT2D eigenvalue weighted by atomic mass is 35.5. The van der Waals surface area contributed by atoms with Crippen molar-refractivity contribution in [1.29, 1.82) is 0 Å². The van der Waals surface area contributed by atoms with E-state index in [2.05, 4.69) is 5.32 Å². The van der Waals surface area contributed by atoms with Crippen LogP contribution < -0.4 is 5.32 Å². The third kappa shape index (κ3) is 2.96. The van der Waals surface area contributed by atoms with E-state index in [1.54, 1.807) is 12.1 Å². The summed E-state index contributed by atoms with van der Waals surface area (Å²) in [4.78, 5) is 0. The summed E-state index contributed by atoms with van der Waals surface area (Å²) in [6, 6.07) is 13.1. The zero-order chi connectivity index (χ0) is 13.2. The summed E-state index contributed by atoms with van der Waals surface area (Å²) < 4.78 is 13.7. The number of hydrogen-bond acceptors (Lipinski definition) is 1. The molecule has 1 fully saturated rings. The summed E-state index contributed by atoms with van der Waals surface area (Å²) in [5.41, 5.74) is 2.47. The minimum atomic E-state index is -0.220. The van der Waals surface area contributed by atoms with Gasteiger partial charge in [-0.2, -0.15) is 0 Å². The van der Waals surface area contributed by atoms with Crippen molar-refractivity contribution in [2.24, 2.45) is 0 Å². The van der Waals surface area contributed by atoms with Crippen LogP contribution >= 0.6 is 11.6 Å². The second-order valence-corrected chi connectivity index (χ2v) is 5.35. The van der Waals surface area contributed by atoms with Gasteiger partial charge in [0, 0.05) is 23.2 Å². The smallest absolute Gasteiger partial charge is 0.131 e. The molecule has 0 aromatic heterocycles. The van der Waals surface area contributed by atoms with Crippen LogP contribution in [0.4, 0.5) is 4.39 Å². The topological polar surface area (TPSA) is 12.0 Å². The van der Waals surface area contributed by atoms with Gasteiger partial charge in [0.15, 0.2) is 0 Å². The average molecular weight is 276 g/mol. The minimum absolute atomic E-state index is 0.220. The highest BCUT2D eigenvalue weighted by molar-refractivity contribution is 6.31. The van der Waals surface area contributed by atoms with Gasteiger partial charge in [0.05, 0.1) is 0 Å². The molecule has 3 heteroatoms. The van der Waals surface area contributed by atoms with E-state index in [1.165, 1.54) is 18.9 Å². The van der Waals surface area contributed by atoms with Crippen molar-refractivity contribution in [3.8, 4) is 11.1 Å². The van der Waals surface area contributed by atoms with E-state index >= 15 is 0 Å². The molecular formula is C16H15ClFN. The molecule has 2 aromatic rings. The van der Waals surface area contributed by atoms with E-state index in [0.29, 0.717) is 16.6 Å². The molecule has 0 atom stereocenters. The van der Waals surface area contributed by atoms with E-state index in [4.69, 9.17) is 11.6 Å². The first-order valence-corrected chi connectivity index (χ1v) is 6.88. The van der Waals surface area contributed by atoms with Crippen molar-refractivity contribution < 1.29 is 4.39 Å². The molecule has 1 N–H and O–H groups in total. The molecule has 1 nitrogen and oxygen atoms in total. The molecule has 0 spiro atoms. The van der Waals surface area contributed by atoms with Crippen molar-refractivity contribution in [1.82, 2.24) is 5.32 Å². The quantitative estimate of drug-likeness (QED) is 0.872. The third-order valence-electron chi connectivity index (χ3n) is 3.40. The van der Waals surface area contributed by atoms with Gasteiger partial charge in [0.2, 0.25) is 0 Å². The molecule has 2 aromatic carbocycles. The lowest BCUT2D eigenvalue weighted by Crippen LogP contribution is -2.15. The Kier molecular flexibility index (Phi) is 3.54. The fraction of sp³-hybridized carbons (Fsp3) is 0.250. The Morgan fingerprint density at radius 2 is 1.95 bits per heavy atom. The van der Waals surface area contributed by atoms with E-state index in [1.807, 2.05) is 24.3 Å².